The predicted molar refractivity (Wildman–Crippen MR) is 129 cm³/mol. The van der Waals surface area contributed by atoms with Crippen molar-refractivity contribution in [3.05, 3.63) is 70.8 Å². The van der Waals surface area contributed by atoms with Crippen LogP contribution in [0.25, 0.3) is 0 Å². The van der Waals surface area contributed by atoms with Gasteiger partial charge in [0.2, 0.25) is 11.8 Å². The van der Waals surface area contributed by atoms with Crippen molar-refractivity contribution in [2.24, 2.45) is 0 Å². The zero-order valence-electron chi connectivity index (χ0n) is 21.2. The molecule has 0 saturated carbocycles. The van der Waals surface area contributed by atoms with Gasteiger partial charge in [-0.25, -0.2) is 0 Å². The largest absolute Gasteiger partial charge is 0.416 e. The number of alkyl halides is 6. The number of nitrogens with one attached hydrogen (secondary N) is 3. The Morgan fingerprint density at radius 2 is 1.53 bits per heavy atom. The van der Waals surface area contributed by atoms with Crippen LogP contribution in [0.5, 0.6) is 0 Å². The first-order valence-electron chi connectivity index (χ1n) is 11.8. The Hall–Kier alpha value is -3.12. The van der Waals surface area contributed by atoms with Gasteiger partial charge >= 0.3 is 12.4 Å². The maximum Gasteiger partial charge on any atom is 0.416 e. The van der Waals surface area contributed by atoms with Crippen LogP contribution in [0.2, 0.25) is 0 Å². The van der Waals surface area contributed by atoms with Gasteiger partial charge in [0.1, 0.15) is 5.54 Å². The Morgan fingerprint density at radius 1 is 0.947 bits per heavy atom. The summed E-state index contributed by atoms with van der Waals surface area (Å²) >= 11 is 0. The number of rotatable bonds is 2. The molecule has 0 bridgehead atoms. The Kier molecular flexibility index (Phi) is 10.7. The molecule has 2 fully saturated rings. The maximum absolute atomic E-state index is 12.5. The van der Waals surface area contributed by atoms with E-state index in [1.165, 1.54) is 19.6 Å². The number of aryl methyl sites for hydroxylation is 1. The van der Waals surface area contributed by atoms with Crippen molar-refractivity contribution in [2.75, 3.05) is 26.7 Å². The van der Waals surface area contributed by atoms with E-state index in [-0.39, 0.29) is 30.0 Å². The second-order valence-electron chi connectivity index (χ2n) is 8.97. The highest BCUT2D eigenvalue weighted by Crippen LogP contribution is 2.37. The van der Waals surface area contributed by atoms with Gasteiger partial charge in [-0.2, -0.15) is 26.3 Å². The predicted octanol–water partition coefficient (Wildman–Crippen LogP) is 4.78. The number of carbonyl (C=O) groups excluding carboxylic acids is 2. The molecule has 2 aliphatic heterocycles. The van der Waals surface area contributed by atoms with Crippen LogP contribution >= 0.6 is 0 Å². The molecule has 2 amide bonds. The molecular formula is C26H31F6N3O3. The molecule has 2 heterocycles. The number of benzene rings is 2. The first-order valence-corrected chi connectivity index (χ1v) is 11.8. The van der Waals surface area contributed by atoms with Crippen molar-refractivity contribution in [3.63, 3.8) is 0 Å². The number of carbonyl (C=O) groups is 2. The third-order valence-corrected chi connectivity index (χ3v) is 5.98. The lowest BCUT2D eigenvalue weighted by Gasteiger charge is -2.39. The molecule has 1 spiro atoms. The van der Waals surface area contributed by atoms with Gasteiger partial charge in [-0.05, 0) is 57.0 Å². The Labute approximate surface area is 217 Å². The minimum Gasteiger partial charge on any atom is -0.377 e. The number of methoxy groups -OCH3 is 1. The highest BCUT2D eigenvalue weighted by atomic mass is 19.4. The van der Waals surface area contributed by atoms with Gasteiger partial charge in [-0.1, -0.05) is 35.9 Å². The van der Waals surface area contributed by atoms with E-state index in [0.717, 1.165) is 19.4 Å². The van der Waals surface area contributed by atoms with Crippen molar-refractivity contribution in [1.29, 1.82) is 0 Å². The van der Waals surface area contributed by atoms with E-state index in [1.54, 1.807) is 0 Å². The lowest BCUT2D eigenvalue weighted by atomic mass is 9.87. The van der Waals surface area contributed by atoms with E-state index in [1.807, 2.05) is 18.2 Å². The summed E-state index contributed by atoms with van der Waals surface area (Å²) in [5.41, 5.74) is -2.19. The fraction of sp³-hybridized carbons (Fsp3) is 0.462. The average Bonchev–Trinajstić information content (AvgIpc) is 2.86. The minimum absolute atomic E-state index is 0.0562. The summed E-state index contributed by atoms with van der Waals surface area (Å²) in [7, 11) is 1.21. The molecular weight excluding hydrogens is 516 g/mol. The van der Waals surface area contributed by atoms with Gasteiger partial charge in [0.15, 0.2) is 0 Å². The number of halogens is 6. The molecule has 2 atom stereocenters. The second-order valence-corrected chi connectivity index (χ2v) is 8.97. The molecule has 2 aromatic carbocycles. The van der Waals surface area contributed by atoms with Gasteiger partial charge < -0.3 is 20.7 Å². The van der Waals surface area contributed by atoms with Gasteiger partial charge in [0.05, 0.1) is 23.8 Å². The summed E-state index contributed by atoms with van der Waals surface area (Å²) in [6, 6.07) is 11.7. The SMILES string of the molecule is COC(C)c1cc(C(F)(F)F)cc(C(F)(F)F)c1.Cc1ccccc1.O=C1CNC(=O)C2(CCCNC2)N1. The van der Waals surface area contributed by atoms with Crippen molar-refractivity contribution < 1.29 is 40.7 Å². The lowest BCUT2D eigenvalue weighted by Crippen LogP contribution is -2.70. The van der Waals surface area contributed by atoms with Crippen LogP contribution in [0.3, 0.4) is 0 Å². The Morgan fingerprint density at radius 3 is 1.95 bits per heavy atom. The summed E-state index contributed by atoms with van der Waals surface area (Å²) < 4.78 is 79.7. The molecule has 0 aromatic heterocycles. The van der Waals surface area contributed by atoms with Crippen LogP contribution in [0.1, 0.15) is 48.1 Å². The zero-order chi connectivity index (χ0) is 28.6. The number of amides is 2. The van der Waals surface area contributed by atoms with E-state index in [2.05, 4.69) is 35.0 Å². The summed E-state index contributed by atoms with van der Waals surface area (Å²) in [6.45, 7) is 5.03. The highest BCUT2D eigenvalue weighted by Gasteiger charge is 2.43. The van der Waals surface area contributed by atoms with Gasteiger partial charge in [-0.15, -0.1) is 0 Å². The van der Waals surface area contributed by atoms with E-state index >= 15 is 0 Å². The highest BCUT2D eigenvalue weighted by molar-refractivity contribution is 5.98. The molecule has 210 valence electrons. The van der Waals surface area contributed by atoms with Crippen LogP contribution in [-0.2, 0) is 26.7 Å². The number of piperazine rings is 1. The molecule has 2 aliphatic rings. The summed E-state index contributed by atoms with van der Waals surface area (Å²) in [4.78, 5) is 22.7. The van der Waals surface area contributed by atoms with Crippen LogP contribution in [0.15, 0.2) is 48.5 Å². The fourth-order valence-corrected chi connectivity index (χ4v) is 3.79. The normalized spacial score (nSPS) is 20.2. The number of piperidine rings is 1. The van der Waals surface area contributed by atoms with Gasteiger partial charge in [0, 0.05) is 13.7 Å². The van der Waals surface area contributed by atoms with Crippen molar-refractivity contribution in [2.45, 2.75) is 50.7 Å². The van der Waals surface area contributed by atoms with E-state index in [9.17, 15) is 35.9 Å². The smallest absolute Gasteiger partial charge is 0.377 e. The lowest BCUT2D eigenvalue weighted by molar-refractivity contribution is -0.143. The first-order chi connectivity index (χ1) is 17.7. The van der Waals surface area contributed by atoms with Crippen LogP contribution in [0.4, 0.5) is 26.3 Å². The zero-order valence-corrected chi connectivity index (χ0v) is 21.2. The molecule has 12 heteroatoms. The third kappa shape index (κ3) is 9.02. The Balaban J connectivity index is 0.000000219. The van der Waals surface area contributed by atoms with Gasteiger partial charge in [0.25, 0.3) is 0 Å². The molecule has 2 unspecified atom stereocenters. The van der Waals surface area contributed by atoms with Gasteiger partial charge in [-0.3, -0.25) is 9.59 Å². The van der Waals surface area contributed by atoms with E-state index in [4.69, 9.17) is 4.74 Å². The molecule has 6 nitrogen and oxygen atoms in total. The summed E-state index contributed by atoms with van der Waals surface area (Å²) in [5, 5.41) is 8.49. The van der Waals surface area contributed by atoms with Crippen molar-refractivity contribution >= 4 is 11.8 Å². The summed E-state index contributed by atoms with van der Waals surface area (Å²) in [6.07, 6.45) is -8.86. The molecule has 4 rings (SSSR count). The van der Waals surface area contributed by atoms with E-state index < -0.39 is 35.1 Å². The number of hydrogen-bond acceptors (Lipinski definition) is 4. The second kappa shape index (κ2) is 13.1. The fourth-order valence-electron chi connectivity index (χ4n) is 3.79. The molecule has 0 aliphatic carbocycles. The van der Waals surface area contributed by atoms with Crippen molar-refractivity contribution in [1.82, 2.24) is 16.0 Å². The third-order valence-electron chi connectivity index (χ3n) is 5.98. The van der Waals surface area contributed by atoms with Crippen LogP contribution in [0, 0.1) is 6.92 Å². The minimum atomic E-state index is -4.83. The topological polar surface area (TPSA) is 79.5 Å². The molecule has 38 heavy (non-hydrogen) atoms. The molecule has 0 radical (unpaired) electrons. The standard InChI is InChI=1S/C11H10F6O.C8H13N3O2.C7H8/c1-6(18-2)7-3-8(10(12,13)14)5-9(4-7)11(15,16)17;12-6-4-10-7(13)8(11-6)2-1-3-9-5-8;1-7-5-3-2-4-6-7/h3-6H,1-2H3;9H,1-5H2,(H,10,13)(H,11,12);2-6H,1H3. The van der Waals surface area contributed by atoms with Crippen molar-refractivity contribution in [3.8, 4) is 0 Å². The summed E-state index contributed by atoms with van der Waals surface area (Å²) in [5.74, 6) is -0.150. The first kappa shape index (κ1) is 31.1. The quantitative estimate of drug-likeness (QED) is 0.473. The molecule has 2 saturated heterocycles. The number of ether oxygens (including phenoxy) is 1. The van der Waals surface area contributed by atoms with Crippen LogP contribution in [-0.4, -0.2) is 44.1 Å². The van der Waals surface area contributed by atoms with Crippen LogP contribution < -0.4 is 16.0 Å². The molecule has 3 N–H and O–H groups in total. The molecule has 2 aromatic rings. The average molecular weight is 548 g/mol. The Bertz CT molecular complexity index is 1040. The maximum atomic E-state index is 12.5. The monoisotopic (exact) mass is 547 g/mol. The number of hydrogen-bond donors (Lipinski definition) is 3. The van der Waals surface area contributed by atoms with E-state index in [0.29, 0.717) is 18.7 Å².